The molecule has 0 radical (unpaired) electrons. The van der Waals surface area contributed by atoms with Crippen molar-refractivity contribution in [3.8, 4) is 0 Å². The number of hydrogen-bond donors (Lipinski definition) is 2. The molecule has 0 bridgehead atoms. The Morgan fingerprint density at radius 2 is 1.92 bits per heavy atom. The van der Waals surface area contributed by atoms with E-state index in [1.807, 2.05) is 0 Å². The lowest BCUT2D eigenvalue weighted by Crippen LogP contribution is -2.17. The van der Waals surface area contributed by atoms with E-state index in [1.54, 1.807) is 43.3 Å². The fraction of sp³-hybridized carbons (Fsp3) is 0.316. The van der Waals surface area contributed by atoms with Gasteiger partial charge in [0, 0.05) is 12.2 Å². The standard InChI is InChI=1S/C19H23N3O3/c1-4-13(3)21-17-11-10-14(12-20-17)18(23)22-16-9-7-6-8-15(16)19(24)25-5-2/h6-13H,4-5H2,1-3H3,(H,20,21)(H,22,23). The average Bonchev–Trinajstić information content (AvgIpc) is 2.62. The fourth-order valence-electron chi connectivity index (χ4n) is 2.14. The van der Waals surface area contributed by atoms with Crippen LogP contribution < -0.4 is 10.6 Å². The molecular formula is C19H23N3O3. The quantitative estimate of drug-likeness (QED) is 0.750. The van der Waals surface area contributed by atoms with Crippen molar-refractivity contribution in [3.05, 3.63) is 53.7 Å². The second kappa shape index (κ2) is 8.82. The van der Waals surface area contributed by atoms with Crippen molar-refractivity contribution in [3.63, 3.8) is 0 Å². The summed E-state index contributed by atoms with van der Waals surface area (Å²) in [5.74, 6) is -0.0817. The van der Waals surface area contributed by atoms with Gasteiger partial charge in [0.2, 0.25) is 0 Å². The Balaban J connectivity index is 2.11. The van der Waals surface area contributed by atoms with Crippen LogP contribution in [0.4, 0.5) is 11.5 Å². The summed E-state index contributed by atoms with van der Waals surface area (Å²) >= 11 is 0. The van der Waals surface area contributed by atoms with Crippen LogP contribution in [0.3, 0.4) is 0 Å². The molecule has 1 heterocycles. The second-order valence-corrected chi connectivity index (χ2v) is 5.61. The Bertz CT molecular complexity index is 729. The average molecular weight is 341 g/mol. The van der Waals surface area contributed by atoms with Gasteiger partial charge in [-0.25, -0.2) is 9.78 Å². The Labute approximate surface area is 147 Å². The fourth-order valence-corrected chi connectivity index (χ4v) is 2.14. The number of nitrogens with one attached hydrogen (secondary N) is 2. The summed E-state index contributed by atoms with van der Waals surface area (Å²) in [6, 6.07) is 10.5. The van der Waals surface area contributed by atoms with Gasteiger partial charge in [-0.2, -0.15) is 0 Å². The van der Waals surface area contributed by atoms with Gasteiger partial charge in [-0.1, -0.05) is 19.1 Å². The van der Waals surface area contributed by atoms with Crippen molar-refractivity contribution in [1.82, 2.24) is 4.98 Å². The van der Waals surface area contributed by atoms with Crippen molar-refractivity contribution in [2.75, 3.05) is 17.2 Å². The van der Waals surface area contributed by atoms with Gasteiger partial charge in [0.25, 0.3) is 5.91 Å². The second-order valence-electron chi connectivity index (χ2n) is 5.61. The number of esters is 1. The third-order valence-corrected chi connectivity index (χ3v) is 3.70. The molecule has 0 saturated carbocycles. The van der Waals surface area contributed by atoms with E-state index < -0.39 is 5.97 Å². The molecule has 0 saturated heterocycles. The minimum absolute atomic E-state index is 0.273. The van der Waals surface area contributed by atoms with Gasteiger partial charge in [0.15, 0.2) is 0 Å². The molecule has 1 aromatic carbocycles. The molecule has 0 fully saturated rings. The zero-order chi connectivity index (χ0) is 18.2. The number of amides is 1. The van der Waals surface area contributed by atoms with E-state index in [1.165, 1.54) is 6.20 Å². The molecule has 1 aromatic heterocycles. The first-order chi connectivity index (χ1) is 12.0. The van der Waals surface area contributed by atoms with Crippen LogP contribution in [0.1, 0.15) is 47.9 Å². The molecule has 1 atom stereocenters. The summed E-state index contributed by atoms with van der Waals surface area (Å²) in [6.07, 6.45) is 2.49. The van der Waals surface area contributed by atoms with Gasteiger partial charge >= 0.3 is 5.97 Å². The lowest BCUT2D eigenvalue weighted by Gasteiger charge is -2.13. The molecule has 0 aliphatic heterocycles. The first kappa shape index (κ1) is 18.4. The third kappa shape index (κ3) is 5.04. The topological polar surface area (TPSA) is 80.3 Å². The molecule has 6 nitrogen and oxygen atoms in total. The molecule has 0 aliphatic carbocycles. The Kier molecular flexibility index (Phi) is 6.51. The summed E-state index contributed by atoms with van der Waals surface area (Å²) in [5, 5.41) is 5.98. The third-order valence-electron chi connectivity index (χ3n) is 3.70. The number of carbonyl (C=O) groups excluding carboxylic acids is 2. The predicted octanol–water partition coefficient (Wildman–Crippen LogP) is 3.72. The summed E-state index contributed by atoms with van der Waals surface area (Å²) in [6.45, 7) is 6.16. The number of pyridine rings is 1. The summed E-state index contributed by atoms with van der Waals surface area (Å²) in [4.78, 5) is 28.6. The highest BCUT2D eigenvalue weighted by atomic mass is 16.5. The van der Waals surface area contributed by atoms with E-state index in [2.05, 4.69) is 29.5 Å². The normalized spacial score (nSPS) is 11.5. The molecule has 1 unspecified atom stereocenters. The van der Waals surface area contributed by atoms with Crippen LogP contribution in [-0.2, 0) is 4.74 Å². The lowest BCUT2D eigenvalue weighted by atomic mass is 10.1. The van der Waals surface area contributed by atoms with Crippen LogP contribution in [0, 0.1) is 0 Å². The maximum Gasteiger partial charge on any atom is 0.340 e. The van der Waals surface area contributed by atoms with Crippen LogP contribution in [0.15, 0.2) is 42.6 Å². The van der Waals surface area contributed by atoms with Gasteiger partial charge in [-0.05, 0) is 44.5 Å². The van der Waals surface area contributed by atoms with E-state index >= 15 is 0 Å². The number of ether oxygens (including phenoxy) is 1. The SMILES string of the molecule is CCOC(=O)c1ccccc1NC(=O)c1ccc(NC(C)CC)nc1. The van der Waals surface area contributed by atoms with Crippen LogP contribution in [0.25, 0.3) is 0 Å². The van der Waals surface area contributed by atoms with E-state index in [4.69, 9.17) is 4.74 Å². The smallest absolute Gasteiger partial charge is 0.340 e. The minimum atomic E-state index is -0.468. The first-order valence-corrected chi connectivity index (χ1v) is 8.35. The summed E-state index contributed by atoms with van der Waals surface area (Å²) in [7, 11) is 0. The van der Waals surface area contributed by atoms with Crippen LogP contribution >= 0.6 is 0 Å². The molecule has 2 rings (SSSR count). The predicted molar refractivity (Wildman–Crippen MR) is 98.0 cm³/mol. The number of hydrogen-bond acceptors (Lipinski definition) is 5. The molecule has 2 N–H and O–H groups in total. The van der Waals surface area contributed by atoms with Crippen LogP contribution in [-0.4, -0.2) is 29.5 Å². The Morgan fingerprint density at radius 1 is 1.16 bits per heavy atom. The van der Waals surface area contributed by atoms with Crippen molar-refractivity contribution in [2.45, 2.75) is 33.2 Å². The molecule has 0 aliphatic rings. The molecule has 2 aromatic rings. The zero-order valence-corrected chi connectivity index (χ0v) is 14.7. The van der Waals surface area contributed by atoms with Gasteiger partial charge < -0.3 is 15.4 Å². The maximum absolute atomic E-state index is 12.4. The monoisotopic (exact) mass is 341 g/mol. The molecular weight excluding hydrogens is 318 g/mol. The number of aromatic nitrogens is 1. The number of nitrogens with zero attached hydrogens (tertiary/aromatic N) is 1. The highest BCUT2D eigenvalue weighted by molar-refractivity contribution is 6.07. The molecule has 132 valence electrons. The Morgan fingerprint density at radius 3 is 2.56 bits per heavy atom. The number of para-hydroxylation sites is 1. The van der Waals surface area contributed by atoms with E-state index in [0.717, 1.165) is 12.2 Å². The van der Waals surface area contributed by atoms with Gasteiger partial charge in [0.05, 0.1) is 23.4 Å². The first-order valence-electron chi connectivity index (χ1n) is 8.35. The molecule has 25 heavy (non-hydrogen) atoms. The number of rotatable bonds is 7. The molecule has 1 amide bonds. The number of anilines is 2. The van der Waals surface area contributed by atoms with Gasteiger partial charge in [-0.15, -0.1) is 0 Å². The van der Waals surface area contributed by atoms with E-state index in [0.29, 0.717) is 22.9 Å². The largest absolute Gasteiger partial charge is 0.462 e. The van der Waals surface area contributed by atoms with E-state index in [9.17, 15) is 9.59 Å². The number of carbonyl (C=O) groups is 2. The van der Waals surface area contributed by atoms with Crippen molar-refractivity contribution >= 4 is 23.4 Å². The van der Waals surface area contributed by atoms with Crippen molar-refractivity contribution in [2.24, 2.45) is 0 Å². The van der Waals surface area contributed by atoms with Gasteiger partial charge in [-0.3, -0.25) is 4.79 Å². The lowest BCUT2D eigenvalue weighted by molar-refractivity contribution is 0.0527. The Hall–Kier alpha value is -2.89. The highest BCUT2D eigenvalue weighted by Crippen LogP contribution is 2.18. The summed E-state index contributed by atoms with van der Waals surface area (Å²) in [5.41, 5.74) is 1.14. The van der Waals surface area contributed by atoms with Crippen LogP contribution in [0.2, 0.25) is 0 Å². The number of benzene rings is 1. The maximum atomic E-state index is 12.4. The van der Waals surface area contributed by atoms with Crippen LogP contribution in [0.5, 0.6) is 0 Å². The van der Waals surface area contributed by atoms with E-state index in [-0.39, 0.29) is 12.5 Å². The minimum Gasteiger partial charge on any atom is -0.462 e. The molecule has 6 heteroatoms. The van der Waals surface area contributed by atoms with Crippen molar-refractivity contribution in [1.29, 1.82) is 0 Å². The van der Waals surface area contributed by atoms with Gasteiger partial charge in [0.1, 0.15) is 5.82 Å². The van der Waals surface area contributed by atoms with Crippen molar-refractivity contribution < 1.29 is 14.3 Å². The highest BCUT2D eigenvalue weighted by Gasteiger charge is 2.15. The summed E-state index contributed by atoms with van der Waals surface area (Å²) < 4.78 is 5.01. The molecule has 0 spiro atoms. The zero-order valence-electron chi connectivity index (χ0n) is 14.7.